The number of nitrogens with one attached hydrogen (secondary N) is 1. The summed E-state index contributed by atoms with van der Waals surface area (Å²) in [5.74, 6) is 0.283. The van der Waals surface area contributed by atoms with E-state index < -0.39 is 0 Å². The van der Waals surface area contributed by atoms with Gasteiger partial charge < -0.3 is 15.5 Å². The fraction of sp³-hybridized carbons (Fsp3) is 0.500. The smallest absolute Gasteiger partial charge is 0.0681 e. The molecule has 0 saturated heterocycles. The predicted octanol–water partition coefficient (Wildman–Crippen LogP) is 0.897. The average molecular weight is 209 g/mol. The van der Waals surface area contributed by atoms with Gasteiger partial charge in [0.1, 0.15) is 0 Å². The topological polar surface area (TPSA) is 52.5 Å². The molecule has 0 amide bonds. The minimum Gasteiger partial charge on any atom is -0.396 e. The van der Waals surface area contributed by atoms with Gasteiger partial charge in [0.2, 0.25) is 0 Å². The molecule has 0 heterocycles. The summed E-state index contributed by atoms with van der Waals surface area (Å²) in [4.78, 5) is 0. The van der Waals surface area contributed by atoms with Gasteiger partial charge in [-0.3, -0.25) is 0 Å². The Bertz CT molecular complexity index is 289. The second-order valence-electron chi connectivity index (χ2n) is 3.90. The van der Waals surface area contributed by atoms with Gasteiger partial charge in [-0.25, -0.2) is 0 Å². The van der Waals surface area contributed by atoms with Crippen LogP contribution in [0.2, 0.25) is 0 Å². The Balaban J connectivity index is 2.37. The van der Waals surface area contributed by atoms with Gasteiger partial charge in [-0.15, -0.1) is 0 Å². The van der Waals surface area contributed by atoms with Crippen molar-refractivity contribution in [2.24, 2.45) is 5.92 Å². The third-order valence-electron chi connectivity index (χ3n) is 2.31. The van der Waals surface area contributed by atoms with Gasteiger partial charge in [0.15, 0.2) is 0 Å². The molecule has 0 aromatic heterocycles. The molecule has 0 spiro atoms. The van der Waals surface area contributed by atoms with Crippen LogP contribution < -0.4 is 5.32 Å². The summed E-state index contributed by atoms with van der Waals surface area (Å²) < 4.78 is 0. The summed E-state index contributed by atoms with van der Waals surface area (Å²) in [5, 5.41) is 21.1. The zero-order chi connectivity index (χ0) is 11.1. The maximum atomic E-state index is 8.96. The quantitative estimate of drug-likeness (QED) is 0.652. The SMILES string of the molecule is CC(CO)CNCc1cccc(CO)c1. The number of benzene rings is 1. The maximum Gasteiger partial charge on any atom is 0.0681 e. The highest BCUT2D eigenvalue weighted by Crippen LogP contribution is 2.05. The fourth-order valence-electron chi connectivity index (χ4n) is 1.37. The van der Waals surface area contributed by atoms with Crippen LogP contribution >= 0.6 is 0 Å². The van der Waals surface area contributed by atoms with E-state index in [2.05, 4.69) is 5.32 Å². The van der Waals surface area contributed by atoms with Crippen LogP contribution in [0, 0.1) is 5.92 Å². The first-order chi connectivity index (χ1) is 7.26. The lowest BCUT2D eigenvalue weighted by molar-refractivity contribution is 0.233. The van der Waals surface area contributed by atoms with E-state index in [4.69, 9.17) is 10.2 Å². The van der Waals surface area contributed by atoms with Crippen molar-refractivity contribution in [3.63, 3.8) is 0 Å². The first kappa shape index (κ1) is 12.2. The molecule has 1 aromatic carbocycles. The number of aliphatic hydroxyl groups is 2. The monoisotopic (exact) mass is 209 g/mol. The summed E-state index contributed by atoms with van der Waals surface area (Å²) in [6.45, 7) is 3.87. The molecule has 1 unspecified atom stereocenters. The molecule has 84 valence electrons. The van der Waals surface area contributed by atoms with E-state index in [1.54, 1.807) is 0 Å². The van der Waals surface area contributed by atoms with E-state index in [0.717, 1.165) is 24.2 Å². The number of hydrogen-bond donors (Lipinski definition) is 3. The van der Waals surface area contributed by atoms with Crippen LogP contribution in [0.5, 0.6) is 0 Å². The van der Waals surface area contributed by atoms with Crippen molar-refractivity contribution in [2.45, 2.75) is 20.1 Å². The normalized spacial score (nSPS) is 12.7. The van der Waals surface area contributed by atoms with Crippen molar-refractivity contribution in [2.75, 3.05) is 13.2 Å². The van der Waals surface area contributed by atoms with Crippen molar-refractivity contribution < 1.29 is 10.2 Å². The van der Waals surface area contributed by atoms with E-state index in [0.29, 0.717) is 0 Å². The molecule has 15 heavy (non-hydrogen) atoms. The third kappa shape index (κ3) is 4.42. The summed E-state index contributed by atoms with van der Waals surface area (Å²) in [7, 11) is 0. The predicted molar refractivity (Wildman–Crippen MR) is 60.3 cm³/mol. The second-order valence-corrected chi connectivity index (χ2v) is 3.90. The van der Waals surface area contributed by atoms with Crippen LogP contribution in [0.3, 0.4) is 0 Å². The molecule has 0 bridgehead atoms. The Morgan fingerprint density at radius 2 is 2.00 bits per heavy atom. The summed E-state index contributed by atoms with van der Waals surface area (Å²) in [6.07, 6.45) is 0. The van der Waals surface area contributed by atoms with Gasteiger partial charge in [0.25, 0.3) is 0 Å². The lowest BCUT2D eigenvalue weighted by atomic mass is 10.1. The van der Waals surface area contributed by atoms with E-state index in [1.165, 1.54) is 0 Å². The lowest BCUT2D eigenvalue weighted by Crippen LogP contribution is -2.22. The summed E-state index contributed by atoms with van der Waals surface area (Å²) in [6, 6.07) is 7.85. The minimum absolute atomic E-state index is 0.0842. The number of hydrogen-bond acceptors (Lipinski definition) is 3. The molecule has 0 saturated carbocycles. The molecule has 3 N–H and O–H groups in total. The molecule has 0 radical (unpaired) electrons. The zero-order valence-corrected chi connectivity index (χ0v) is 9.11. The Morgan fingerprint density at radius 3 is 2.67 bits per heavy atom. The third-order valence-corrected chi connectivity index (χ3v) is 2.31. The molecule has 0 aliphatic heterocycles. The Labute approximate surface area is 90.8 Å². The van der Waals surface area contributed by atoms with Gasteiger partial charge >= 0.3 is 0 Å². The van der Waals surface area contributed by atoms with Gasteiger partial charge in [-0.2, -0.15) is 0 Å². The van der Waals surface area contributed by atoms with Crippen molar-refractivity contribution in [1.82, 2.24) is 5.32 Å². The van der Waals surface area contributed by atoms with E-state index in [9.17, 15) is 0 Å². The van der Waals surface area contributed by atoms with Crippen molar-refractivity contribution >= 4 is 0 Å². The van der Waals surface area contributed by atoms with Crippen molar-refractivity contribution in [3.05, 3.63) is 35.4 Å². The van der Waals surface area contributed by atoms with Crippen LogP contribution in [-0.4, -0.2) is 23.4 Å². The van der Waals surface area contributed by atoms with Gasteiger partial charge in [0, 0.05) is 19.7 Å². The van der Waals surface area contributed by atoms with Crippen LogP contribution in [0.1, 0.15) is 18.1 Å². The molecule has 1 atom stereocenters. The van der Waals surface area contributed by atoms with Crippen molar-refractivity contribution in [3.8, 4) is 0 Å². The molecule has 3 heteroatoms. The molecule has 1 aromatic rings. The highest BCUT2D eigenvalue weighted by Gasteiger charge is 1.99. The Kier molecular flexibility index (Phi) is 5.32. The lowest BCUT2D eigenvalue weighted by Gasteiger charge is -2.09. The van der Waals surface area contributed by atoms with Gasteiger partial charge in [-0.1, -0.05) is 31.2 Å². The molecular formula is C12H19NO2. The zero-order valence-electron chi connectivity index (χ0n) is 9.11. The van der Waals surface area contributed by atoms with Gasteiger partial charge in [0.05, 0.1) is 6.61 Å². The molecule has 0 aliphatic carbocycles. The molecule has 0 fully saturated rings. The highest BCUT2D eigenvalue weighted by molar-refractivity contribution is 5.22. The van der Waals surface area contributed by atoms with Crippen LogP contribution in [0.25, 0.3) is 0 Å². The Hall–Kier alpha value is -0.900. The number of rotatable bonds is 6. The molecular weight excluding hydrogens is 190 g/mol. The van der Waals surface area contributed by atoms with E-state index in [-0.39, 0.29) is 19.1 Å². The fourth-order valence-corrected chi connectivity index (χ4v) is 1.37. The first-order valence-corrected chi connectivity index (χ1v) is 5.26. The summed E-state index contributed by atoms with van der Waals surface area (Å²) >= 11 is 0. The number of aliphatic hydroxyl groups excluding tert-OH is 2. The standard InChI is InChI=1S/C12H19NO2/c1-10(8-14)6-13-7-11-3-2-4-12(5-11)9-15/h2-5,10,13-15H,6-9H2,1H3. The minimum atomic E-state index is 0.0842. The first-order valence-electron chi connectivity index (χ1n) is 5.26. The second kappa shape index (κ2) is 6.56. The largest absolute Gasteiger partial charge is 0.396 e. The van der Waals surface area contributed by atoms with Crippen LogP contribution in [0.4, 0.5) is 0 Å². The average Bonchev–Trinajstić information content (AvgIpc) is 2.29. The van der Waals surface area contributed by atoms with E-state index >= 15 is 0 Å². The highest BCUT2D eigenvalue weighted by atomic mass is 16.3. The van der Waals surface area contributed by atoms with Crippen LogP contribution in [-0.2, 0) is 13.2 Å². The van der Waals surface area contributed by atoms with E-state index in [1.807, 2.05) is 31.2 Å². The molecule has 3 nitrogen and oxygen atoms in total. The molecule has 0 aliphatic rings. The van der Waals surface area contributed by atoms with Crippen molar-refractivity contribution in [1.29, 1.82) is 0 Å². The summed E-state index contributed by atoms with van der Waals surface area (Å²) in [5.41, 5.74) is 2.09. The molecule has 1 rings (SSSR count). The van der Waals surface area contributed by atoms with Gasteiger partial charge in [-0.05, 0) is 17.0 Å². The van der Waals surface area contributed by atoms with Crippen LogP contribution in [0.15, 0.2) is 24.3 Å². The maximum absolute atomic E-state index is 8.96. The Morgan fingerprint density at radius 1 is 1.27 bits per heavy atom.